The van der Waals surface area contributed by atoms with Gasteiger partial charge in [-0.15, -0.1) is 0 Å². The Hall–Kier alpha value is -2.41. The number of thiazole rings is 1. The summed E-state index contributed by atoms with van der Waals surface area (Å²) in [6.07, 6.45) is -3.02. The molecule has 0 saturated carbocycles. The van der Waals surface area contributed by atoms with Crippen LogP contribution in [0.5, 0.6) is 0 Å². The van der Waals surface area contributed by atoms with Crippen LogP contribution in [0.15, 0.2) is 53.6 Å². The van der Waals surface area contributed by atoms with E-state index >= 15 is 0 Å². The second-order valence-electron chi connectivity index (χ2n) is 4.48. The van der Waals surface area contributed by atoms with Crippen LogP contribution < -0.4 is 5.43 Å². The summed E-state index contributed by atoms with van der Waals surface area (Å²) in [7, 11) is 0. The zero-order chi connectivity index (χ0) is 15.6. The maximum absolute atomic E-state index is 12.6. The Morgan fingerprint density at radius 3 is 2.68 bits per heavy atom. The first-order chi connectivity index (χ1) is 10.5. The van der Waals surface area contributed by atoms with Crippen molar-refractivity contribution < 1.29 is 13.2 Å². The van der Waals surface area contributed by atoms with E-state index in [4.69, 9.17) is 0 Å². The van der Waals surface area contributed by atoms with Gasteiger partial charge in [0.1, 0.15) is 0 Å². The standard InChI is InChI=1S/C15H10F3N3S/c16-15(17,18)11-5-3-4-10(8-11)9-19-21-14-20-12-6-1-2-7-13(12)22-14/h1-9H,(H,20,21). The molecule has 0 unspecified atom stereocenters. The topological polar surface area (TPSA) is 37.3 Å². The summed E-state index contributed by atoms with van der Waals surface area (Å²) < 4.78 is 38.8. The molecule has 2 aromatic carbocycles. The molecule has 0 radical (unpaired) electrons. The highest BCUT2D eigenvalue weighted by molar-refractivity contribution is 7.22. The molecule has 3 rings (SSSR count). The number of hydrogen-bond acceptors (Lipinski definition) is 4. The number of alkyl halides is 3. The van der Waals surface area contributed by atoms with Crippen molar-refractivity contribution in [2.24, 2.45) is 5.10 Å². The number of rotatable bonds is 3. The molecule has 0 fully saturated rings. The summed E-state index contributed by atoms with van der Waals surface area (Å²) in [6, 6.07) is 12.6. The van der Waals surface area contributed by atoms with E-state index < -0.39 is 11.7 Å². The number of aromatic nitrogens is 1. The molecule has 0 aliphatic rings. The SMILES string of the molecule is FC(F)(F)c1cccc(C=NNc2nc3ccccc3s2)c1. The number of hydrazone groups is 1. The van der Waals surface area contributed by atoms with Gasteiger partial charge in [-0.1, -0.05) is 35.6 Å². The Labute approximate surface area is 128 Å². The molecule has 7 heteroatoms. The van der Waals surface area contributed by atoms with Gasteiger partial charge in [-0.2, -0.15) is 18.3 Å². The third-order valence-corrected chi connectivity index (χ3v) is 3.82. The number of hydrogen-bond donors (Lipinski definition) is 1. The van der Waals surface area contributed by atoms with Crippen molar-refractivity contribution in [3.63, 3.8) is 0 Å². The summed E-state index contributed by atoms with van der Waals surface area (Å²) >= 11 is 1.42. The number of halogens is 3. The quantitative estimate of drug-likeness (QED) is 0.558. The minimum Gasteiger partial charge on any atom is -0.253 e. The van der Waals surface area contributed by atoms with E-state index in [-0.39, 0.29) is 0 Å². The van der Waals surface area contributed by atoms with Gasteiger partial charge in [-0.05, 0) is 29.8 Å². The minimum absolute atomic E-state index is 0.364. The highest BCUT2D eigenvalue weighted by atomic mass is 32.1. The first kappa shape index (κ1) is 14.5. The van der Waals surface area contributed by atoms with Crippen LogP contribution in [0.3, 0.4) is 0 Å². The molecular weight excluding hydrogens is 311 g/mol. The Morgan fingerprint density at radius 2 is 1.91 bits per heavy atom. The average molecular weight is 321 g/mol. The maximum atomic E-state index is 12.6. The van der Waals surface area contributed by atoms with Gasteiger partial charge in [0.2, 0.25) is 5.13 Å². The van der Waals surface area contributed by atoms with Crippen molar-refractivity contribution in [2.75, 3.05) is 5.43 Å². The molecule has 22 heavy (non-hydrogen) atoms. The molecule has 3 nitrogen and oxygen atoms in total. The molecule has 0 bridgehead atoms. The molecule has 0 amide bonds. The van der Waals surface area contributed by atoms with Crippen LogP contribution in [0.25, 0.3) is 10.2 Å². The van der Waals surface area contributed by atoms with Crippen LogP contribution in [0.2, 0.25) is 0 Å². The van der Waals surface area contributed by atoms with Crippen molar-refractivity contribution in [3.05, 3.63) is 59.7 Å². The van der Waals surface area contributed by atoms with Gasteiger partial charge in [0.05, 0.1) is 22.0 Å². The largest absolute Gasteiger partial charge is 0.416 e. The summed E-state index contributed by atoms with van der Waals surface area (Å²) in [4.78, 5) is 4.31. The van der Waals surface area contributed by atoms with Crippen LogP contribution >= 0.6 is 11.3 Å². The van der Waals surface area contributed by atoms with E-state index in [0.29, 0.717) is 10.7 Å². The summed E-state index contributed by atoms with van der Waals surface area (Å²) in [5.74, 6) is 0. The number of nitrogens with zero attached hydrogens (tertiary/aromatic N) is 2. The van der Waals surface area contributed by atoms with Crippen molar-refractivity contribution in [3.8, 4) is 0 Å². The summed E-state index contributed by atoms with van der Waals surface area (Å²) in [5.41, 5.74) is 3.25. The lowest BCUT2D eigenvalue weighted by molar-refractivity contribution is -0.137. The molecule has 1 N–H and O–H groups in total. The van der Waals surface area contributed by atoms with Gasteiger partial charge in [0.25, 0.3) is 0 Å². The van der Waals surface area contributed by atoms with Crippen molar-refractivity contribution in [1.82, 2.24) is 4.98 Å². The van der Waals surface area contributed by atoms with Crippen LogP contribution in [0, 0.1) is 0 Å². The summed E-state index contributed by atoms with van der Waals surface area (Å²) in [5, 5.41) is 4.52. The first-order valence-electron chi connectivity index (χ1n) is 6.34. The van der Waals surface area contributed by atoms with Crippen LogP contribution in [-0.4, -0.2) is 11.2 Å². The lowest BCUT2D eigenvalue weighted by Gasteiger charge is -2.06. The van der Waals surface area contributed by atoms with Crippen LogP contribution in [-0.2, 0) is 6.18 Å². The molecule has 1 heterocycles. The number of para-hydroxylation sites is 1. The number of anilines is 1. The van der Waals surface area contributed by atoms with Gasteiger partial charge < -0.3 is 0 Å². The maximum Gasteiger partial charge on any atom is 0.416 e. The normalized spacial score (nSPS) is 12.1. The molecular formula is C15H10F3N3S. The second kappa shape index (κ2) is 5.76. The monoisotopic (exact) mass is 321 g/mol. The Morgan fingerprint density at radius 1 is 1.09 bits per heavy atom. The minimum atomic E-state index is -4.36. The molecule has 0 saturated heterocycles. The van der Waals surface area contributed by atoms with Crippen molar-refractivity contribution in [2.45, 2.75) is 6.18 Å². The van der Waals surface area contributed by atoms with Gasteiger partial charge in [-0.25, -0.2) is 4.98 Å². The molecule has 1 aromatic heterocycles. The molecule has 0 atom stereocenters. The van der Waals surface area contributed by atoms with Gasteiger partial charge in [-0.3, -0.25) is 5.43 Å². The predicted octanol–water partition coefficient (Wildman–Crippen LogP) is 4.76. The van der Waals surface area contributed by atoms with Crippen LogP contribution in [0.4, 0.5) is 18.3 Å². The highest BCUT2D eigenvalue weighted by Crippen LogP contribution is 2.29. The Kier molecular flexibility index (Phi) is 3.81. The fraction of sp³-hybridized carbons (Fsp3) is 0.0667. The second-order valence-corrected chi connectivity index (χ2v) is 5.51. The van der Waals surface area contributed by atoms with E-state index in [2.05, 4.69) is 15.5 Å². The molecule has 0 aliphatic carbocycles. The van der Waals surface area contributed by atoms with Gasteiger partial charge >= 0.3 is 6.18 Å². The van der Waals surface area contributed by atoms with E-state index in [1.54, 1.807) is 6.07 Å². The third-order valence-electron chi connectivity index (χ3n) is 2.88. The van der Waals surface area contributed by atoms with Gasteiger partial charge in [0, 0.05) is 0 Å². The lowest BCUT2D eigenvalue weighted by atomic mass is 10.1. The number of benzene rings is 2. The summed E-state index contributed by atoms with van der Waals surface area (Å²) in [6.45, 7) is 0. The van der Waals surface area contributed by atoms with E-state index in [0.717, 1.165) is 22.3 Å². The molecule has 0 aliphatic heterocycles. The Balaban J connectivity index is 1.74. The van der Waals surface area contributed by atoms with E-state index in [1.807, 2.05) is 24.3 Å². The van der Waals surface area contributed by atoms with Crippen molar-refractivity contribution >= 4 is 32.9 Å². The molecule has 112 valence electrons. The highest BCUT2D eigenvalue weighted by Gasteiger charge is 2.30. The predicted molar refractivity (Wildman–Crippen MR) is 82.3 cm³/mol. The zero-order valence-electron chi connectivity index (χ0n) is 11.1. The number of fused-ring (bicyclic) bond motifs is 1. The third kappa shape index (κ3) is 3.25. The lowest BCUT2D eigenvalue weighted by Crippen LogP contribution is -2.05. The van der Waals surface area contributed by atoms with Crippen LogP contribution in [0.1, 0.15) is 11.1 Å². The fourth-order valence-electron chi connectivity index (χ4n) is 1.88. The average Bonchev–Trinajstić information content (AvgIpc) is 2.89. The zero-order valence-corrected chi connectivity index (χ0v) is 11.9. The van der Waals surface area contributed by atoms with Gasteiger partial charge in [0.15, 0.2) is 0 Å². The Bertz CT molecular complexity index is 791. The number of nitrogens with one attached hydrogen (secondary N) is 1. The van der Waals surface area contributed by atoms with E-state index in [1.165, 1.54) is 23.6 Å². The molecule has 3 aromatic rings. The smallest absolute Gasteiger partial charge is 0.253 e. The van der Waals surface area contributed by atoms with Crippen molar-refractivity contribution in [1.29, 1.82) is 0 Å². The first-order valence-corrected chi connectivity index (χ1v) is 7.16. The molecule has 0 spiro atoms. The fourth-order valence-corrected chi connectivity index (χ4v) is 2.69. The van der Waals surface area contributed by atoms with E-state index in [9.17, 15) is 13.2 Å².